The van der Waals surface area contributed by atoms with E-state index in [2.05, 4.69) is 22.9 Å². The Kier molecular flexibility index (Phi) is 12.7. The van der Waals surface area contributed by atoms with Gasteiger partial charge in [-0.15, -0.1) is 0 Å². The van der Waals surface area contributed by atoms with Crippen LogP contribution in [-0.2, 0) is 19.2 Å². The summed E-state index contributed by atoms with van der Waals surface area (Å²) in [4.78, 5) is 63.3. The molecule has 0 heterocycles. The molecule has 4 N–H and O–H groups in total. The standard InChI is InChI=1S/C30H51N5O6/c1-20-6-4-5-7-26(20)33-30(41)32-24-10-8-22(9-11-24)18-27(37)31-23-12-14-25(15-13-23)34(3)29(40)21(2)35(19-36)17-16-28(38)39/h19-26H,4-18H2,1-3H3,(H,31,37)(H,38,39)(H2,32,33,41). The summed E-state index contributed by atoms with van der Waals surface area (Å²) >= 11 is 0. The van der Waals surface area contributed by atoms with Gasteiger partial charge in [0.2, 0.25) is 18.2 Å². The number of hydrogen-bond donors (Lipinski definition) is 4. The maximum atomic E-state index is 12.9. The minimum Gasteiger partial charge on any atom is -0.481 e. The van der Waals surface area contributed by atoms with Crippen LogP contribution in [0.2, 0.25) is 0 Å². The van der Waals surface area contributed by atoms with E-state index in [4.69, 9.17) is 5.11 Å². The number of carboxylic acids is 1. The molecule has 0 aromatic rings. The van der Waals surface area contributed by atoms with Crippen molar-refractivity contribution in [1.29, 1.82) is 0 Å². The smallest absolute Gasteiger partial charge is 0.315 e. The Labute approximate surface area is 244 Å². The van der Waals surface area contributed by atoms with Gasteiger partial charge in [0, 0.05) is 44.2 Å². The molecular weight excluding hydrogens is 526 g/mol. The van der Waals surface area contributed by atoms with Gasteiger partial charge in [-0.05, 0) is 83.0 Å². The Hall–Kier alpha value is -2.85. The highest BCUT2D eigenvalue weighted by atomic mass is 16.4. The van der Waals surface area contributed by atoms with Gasteiger partial charge >= 0.3 is 12.0 Å². The molecule has 3 unspecified atom stereocenters. The van der Waals surface area contributed by atoms with Gasteiger partial charge in [0.25, 0.3) is 0 Å². The average molecular weight is 578 g/mol. The maximum Gasteiger partial charge on any atom is 0.315 e. The fourth-order valence-corrected chi connectivity index (χ4v) is 6.77. The number of hydrogen-bond acceptors (Lipinski definition) is 5. The van der Waals surface area contributed by atoms with Crippen molar-refractivity contribution in [2.75, 3.05) is 13.6 Å². The highest BCUT2D eigenvalue weighted by molar-refractivity contribution is 5.83. The van der Waals surface area contributed by atoms with Crippen molar-refractivity contribution in [3.63, 3.8) is 0 Å². The van der Waals surface area contributed by atoms with Crippen LogP contribution in [0.25, 0.3) is 0 Å². The average Bonchev–Trinajstić information content (AvgIpc) is 2.95. The van der Waals surface area contributed by atoms with E-state index in [0.29, 0.717) is 24.7 Å². The van der Waals surface area contributed by atoms with Crippen molar-refractivity contribution in [3.05, 3.63) is 0 Å². The molecule has 3 fully saturated rings. The molecule has 0 spiro atoms. The summed E-state index contributed by atoms with van der Waals surface area (Å²) in [6.45, 7) is 3.83. The predicted molar refractivity (Wildman–Crippen MR) is 155 cm³/mol. The molecule has 0 aromatic heterocycles. The van der Waals surface area contributed by atoms with Crippen LogP contribution in [0.3, 0.4) is 0 Å². The monoisotopic (exact) mass is 577 g/mol. The predicted octanol–water partition coefficient (Wildman–Crippen LogP) is 3.02. The number of nitrogens with zero attached hydrogens (tertiary/aromatic N) is 2. The van der Waals surface area contributed by atoms with Crippen LogP contribution in [0.5, 0.6) is 0 Å². The third-order valence-electron chi connectivity index (χ3n) is 9.62. The third kappa shape index (κ3) is 10.2. The van der Waals surface area contributed by atoms with Gasteiger partial charge in [-0.3, -0.25) is 19.2 Å². The van der Waals surface area contributed by atoms with E-state index in [1.807, 2.05) is 0 Å². The lowest BCUT2D eigenvalue weighted by molar-refractivity contribution is -0.143. The van der Waals surface area contributed by atoms with Crippen LogP contribution in [0.15, 0.2) is 0 Å². The largest absolute Gasteiger partial charge is 0.481 e. The third-order valence-corrected chi connectivity index (χ3v) is 9.62. The summed E-state index contributed by atoms with van der Waals surface area (Å²) in [5.74, 6) is -0.285. The molecule has 3 atom stereocenters. The van der Waals surface area contributed by atoms with Crippen molar-refractivity contribution in [3.8, 4) is 0 Å². The molecule has 0 radical (unpaired) electrons. The quantitative estimate of drug-likeness (QED) is 0.262. The Morgan fingerprint density at radius 2 is 1.49 bits per heavy atom. The van der Waals surface area contributed by atoms with E-state index in [1.165, 1.54) is 24.2 Å². The number of aliphatic carboxylic acids is 1. The zero-order valence-corrected chi connectivity index (χ0v) is 25.1. The number of rotatable bonds is 12. The number of carbonyl (C=O) groups excluding carboxylic acids is 4. The van der Waals surface area contributed by atoms with E-state index in [1.54, 1.807) is 18.9 Å². The molecule has 0 bridgehead atoms. The second kappa shape index (κ2) is 16.0. The molecule has 3 rings (SSSR count). The highest BCUT2D eigenvalue weighted by Gasteiger charge is 2.32. The zero-order chi connectivity index (χ0) is 29.9. The van der Waals surface area contributed by atoms with Gasteiger partial charge in [0.05, 0.1) is 6.42 Å². The summed E-state index contributed by atoms with van der Waals surface area (Å²) in [6.07, 6.45) is 12.2. The van der Waals surface area contributed by atoms with Gasteiger partial charge in [0.15, 0.2) is 0 Å². The van der Waals surface area contributed by atoms with Gasteiger partial charge in [-0.2, -0.15) is 0 Å². The molecule has 11 heteroatoms. The van der Waals surface area contributed by atoms with Gasteiger partial charge < -0.3 is 30.9 Å². The van der Waals surface area contributed by atoms with Crippen LogP contribution in [-0.4, -0.2) is 88.9 Å². The lowest BCUT2D eigenvalue weighted by atomic mass is 9.83. The van der Waals surface area contributed by atoms with E-state index in [-0.39, 0.29) is 55.0 Å². The Bertz CT molecular complexity index is 900. The SMILES string of the molecule is CC1CCCCC1NC(=O)NC1CCC(CC(=O)NC2CCC(N(C)C(=O)C(C)N(C=O)CCC(=O)O)CC2)CC1. The summed E-state index contributed by atoms with van der Waals surface area (Å²) in [5.41, 5.74) is 0. The Morgan fingerprint density at radius 1 is 0.878 bits per heavy atom. The number of nitrogens with one attached hydrogen (secondary N) is 3. The van der Waals surface area contributed by atoms with Crippen LogP contribution < -0.4 is 16.0 Å². The van der Waals surface area contributed by atoms with Gasteiger partial charge in [-0.1, -0.05) is 19.8 Å². The highest BCUT2D eigenvalue weighted by Crippen LogP contribution is 2.28. The van der Waals surface area contributed by atoms with Gasteiger partial charge in [-0.25, -0.2) is 4.79 Å². The van der Waals surface area contributed by atoms with Crippen molar-refractivity contribution in [1.82, 2.24) is 25.8 Å². The minimum atomic E-state index is -1.02. The lowest BCUT2D eigenvalue weighted by Gasteiger charge is -2.37. The van der Waals surface area contributed by atoms with Crippen molar-refractivity contribution >= 4 is 30.2 Å². The second-order valence-corrected chi connectivity index (χ2v) is 12.6. The molecule has 0 saturated heterocycles. The fourth-order valence-electron chi connectivity index (χ4n) is 6.77. The molecule has 3 aliphatic rings. The number of carboxylic acid groups (broad SMARTS) is 1. The lowest BCUT2D eigenvalue weighted by Crippen LogP contribution is -2.51. The molecule has 41 heavy (non-hydrogen) atoms. The first-order valence-electron chi connectivity index (χ1n) is 15.6. The van der Waals surface area contributed by atoms with E-state index < -0.39 is 12.0 Å². The molecule has 11 nitrogen and oxygen atoms in total. The van der Waals surface area contributed by atoms with Crippen LogP contribution in [0.1, 0.15) is 104 Å². The maximum absolute atomic E-state index is 12.9. The normalized spacial score (nSPS) is 29.0. The summed E-state index contributed by atoms with van der Waals surface area (Å²) in [6, 6.07) is -0.234. The van der Waals surface area contributed by atoms with Gasteiger partial charge in [0.1, 0.15) is 6.04 Å². The topological polar surface area (TPSA) is 148 Å². The number of carbonyl (C=O) groups is 5. The number of urea groups is 1. The first-order valence-corrected chi connectivity index (χ1v) is 15.6. The number of amides is 5. The van der Waals surface area contributed by atoms with E-state index in [0.717, 1.165) is 57.8 Å². The van der Waals surface area contributed by atoms with Crippen molar-refractivity contribution < 1.29 is 29.1 Å². The fraction of sp³-hybridized carbons (Fsp3) is 0.833. The zero-order valence-electron chi connectivity index (χ0n) is 25.1. The number of likely N-dealkylation sites (N-methyl/N-ethyl adjacent to an activating group) is 1. The minimum absolute atomic E-state index is 0.00833. The van der Waals surface area contributed by atoms with Crippen LogP contribution in [0, 0.1) is 11.8 Å². The summed E-state index contributed by atoms with van der Waals surface area (Å²) in [5, 5.41) is 18.4. The van der Waals surface area contributed by atoms with Crippen LogP contribution in [0.4, 0.5) is 4.79 Å². The van der Waals surface area contributed by atoms with Crippen molar-refractivity contribution in [2.45, 2.75) is 134 Å². The van der Waals surface area contributed by atoms with E-state index >= 15 is 0 Å². The van der Waals surface area contributed by atoms with Crippen molar-refractivity contribution in [2.24, 2.45) is 11.8 Å². The molecule has 0 aliphatic heterocycles. The molecule has 5 amide bonds. The second-order valence-electron chi connectivity index (χ2n) is 12.6. The first-order chi connectivity index (χ1) is 19.6. The molecule has 0 aromatic carbocycles. The first kappa shape index (κ1) is 32.7. The molecule has 3 aliphatic carbocycles. The van der Waals surface area contributed by atoms with E-state index in [9.17, 15) is 24.0 Å². The summed E-state index contributed by atoms with van der Waals surface area (Å²) < 4.78 is 0. The Balaban J connectivity index is 1.32. The summed E-state index contributed by atoms with van der Waals surface area (Å²) in [7, 11) is 1.73. The molecule has 3 saturated carbocycles. The Morgan fingerprint density at radius 3 is 2.10 bits per heavy atom. The molecule has 232 valence electrons. The molecular formula is C30H51N5O6. The van der Waals surface area contributed by atoms with Crippen LogP contribution >= 0.6 is 0 Å².